The molecule has 0 aliphatic rings. The van der Waals surface area contributed by atoms with Crippen molar-refractivity contribution in [2.24, 2.45) is 0 Å². The zero-order valence-electron chi connectivity index (χ0n) is 9.26. The zero-order valence-corrected chi connectivity index (χ0v) is 10.0. The van der Waals surface area contributed by atoms with E-state index in [1.54, 1.807) is 0 Å². The van der Waals surface area contributed by atoms with E-state index in [1.165, 1.54) is 5.56 Å². The van der Waals surface area contributed by atoms with Gasteiger partial charge in [0.05, 0.1) is 0 Å². The Bertz CT molecular complexity index is 325. The van der Waals surface area contributed by atoms with Gasteiger partial charge in [-0.2, -0.15) is 0 Å². The highest BCUT2D eigenvalue weighted by Crippen LogP contribution is 2.25. The maximum Gasteiger partial charge on any atom is 0.0435 e. The second-order valence-corrected chi connectivity index (χ2v) is 4.87. The van der Waals surface area contributed by atoms with Crippen LogP contribution in [0.15, 0.2) is 30.3 Å². The van der Waals surface area contributed by atoms with Gasteiger partial charge in [-0.3, -0.25) is 0 Å². The van der Waals surface area contributed by atoms with Gasteiger partial charge in [-0.1, -0.05) is 62.7 Å². The fourth-order valence-electron chi connectivity index (χ4n) is 1.30. The number of benzene rings is 1. The number of hydrogen-bond donors (Lipinski definition) is 0. The largest absolute Gasteiger partial charge is 0.0840 e. The van der Waals surface area contributed by atoms with E-state index >= 15 is 0 Å². The Labute approximate surface area is 91.6 Å². The molecule has 0 saturated carbocycles. The predicted octanol–water partition coefficient (Wildman–Crippen LogP) is 4.58. The lowest BCUT2D eigenvalue weighted by Gasteiger charge is -2.19. The van der Waals surface area contributed by atoms with Gasteiger partial charge in [0.2, 0.25) is 0 Å². The van der Waals surface area contributed by atoms with Gasteiger partial charge in [-0.25, -0.2) is 0 Å². The molecule has 0 atom stereocenters. The summed E-state index contributed by atoms with van der Waals surface area (Å²) in [5.74, 6) is 0. The lowest BCUT2D eigenvalue weighted by molar-refractivity contribution is 0.590. The highest BCUT2D eigenvalue weighted by molar-refractivity contribution is 6.48. The second-order valence-electron chi connectivity index (χ2n) is 4.46. The van der Waals surface area contributed by atoms with Crippen molar-refractivity contribution in [3.63, 3.8) is 0 Å². The minimum Gasteiger partial charge on any atom is -0.0840 e. The third-order valence-electron chi connectivity index (χ3n) is 2.28. The summed E-state index contributed by atoms with van der Waals surface area (Å²) in [6.07, 6.45) is 1.91. The van der Waals surface area contributed by atoms with Crippen LogP contribution in [0.3, 0.4) is 0 Å². The molecule has 76 valence electrons. The van der Waals surface area contributed by atoms with Crippen LogP contribution >= 0.6 is 11.6 Å². The standard InChI is InChI=1S/C13H17Cl/c1-5-12(14)10-6-8-11(9-7-10)13(2,3)4/h5-9H,1-4H3/b12-5-. The van der Waals surface area contributed by atoms with E-state index in [0.29, 0.717) is 0 Å². The van der Waals surface area contributed by atoms with E-state index < -0.39 is 0 Å². The molecule has 1 aromatic carbocycles. The van der Waals surface area contributed by atoms with E-state index in [9.17, 15) is 0 Å². The van der Waals surface area contributed by atoms with Gasteiger partial charge in [-0.15, -0.1) is 0 Å². The Balaban J connectivity index is 3.01. The van der Waals surface area contributed by atoms with E-state index in [2.05, 4.69) is 45.0 Å². The molecule has 0 N–H and O–H groups in total. The molecule has 1 aromatic rings. The first-order valence-electron chi connectivity index (χ1n) is 4.88. The number of rotatable bonds is 1. The Morgan fingerprint density at radius 2 is 1.64 bits per heavy atom. The number of halogens is 1. The molecule has 0 amide bonds. The van der Waals surface area contributed by atoms with Crippen molar-refractivity contribution >= 4 is 16.6 Å². The van der Waals surface area contributed by atoms with Gasteiger partial charge in [-0.05, 0) is 23.5 Å². The van der Waals surface area contributed by atoms with Crippen LogP contribution in [0.25, 0.3) is 5.03 Å². The van der Waals surface area contributed by atoms with Crippen molar-refractivity contribution in [3.05, 3.63) is 41.5 Å². The summed E-state index contributed by atoms with van der Waals surface area (Å²) in [6, 6.07) is 8.42. The van der Waals surface area contributed by atoms with Gasteiger partial charge < -0.3 is 0 Å². The Morgan fingerprint density at radius 3 is 2.00 bits per heavy atom. The summed E-state index contributed by atoms with van der Waals surface area (Å²) in [7, 11) is 0. The molecule has 0 nitrogen and oxygen atoms in total. The van der Waals surface area contributed by atoms with Crippen molar-refractivity contribution in [3.8, 4) is 0 Å². The van der Waals surface area contributed by atoms with Crippen LogP contribution in [0.5, 0.6) is 0 Å². The first kappa shape index (κ1) is 11.3. The summed E-state index contributed by atoms with van der Waals surface area (Å²) >= 11 is 6.02. The first-order valence-corrected chi connectivity index (χ1v) is 5.25. The summed E-state index contributed by atoms with van der Waals surface area (Å²) in [6.45, 7) is 8.57. The SMILES string of the molecule is C/C=C(\Cl)c1ccc(C(C)(C)C)cc1. The average molecular weight is 209 g/mol. The molecule has 1 rings (SSSR count). The molecule has 0 aliphatic heterocycles. The quantitative estimate of drug-likeness (QED) is 0.634. The zero-order chi connectivity index (χ0) is 10.8. The molecule has 0 radical (unpaired) electrons. The van der Waals surface area contributed by atoms with E-state index in [0.717, 1.165) is 10.6 Å². The molecule has 0 aromatic heterocycles. The molecule has 0 fully saturated rings. The number of allylic oxidation sites excluding steroid dienone is 1. The minimum absolute atomic E-state index is 0.209. The summed E-state index contributed by atoms with van der Waals surface area (Å²) in [4.78, 5) is 0. The van der Waals surface area contributed by atoms with Crippen LogP contribution in [0.2, 0.25) is 0 Å². The van der Waals surface area contributed by atoms with E-state index in [1.807, 2.05) is 13.0 Å². The molecule has 0 bridgehead atoms. The lowest BCUT2D eigenvalue weighted by atomic mass is 9.87. The van der Waals surface area contributed by atoms with Crippen molar-refractivity contribution < 1.29 is 0 Å². The molecule has 0 heterocycles. The molecular weight excluding hydrogens is 192 g/mol. The second kappa shape index (κ2) is 4.18. The summed E-state index contributed by atoms with van der Waals surface area (Å²) in [5, 5.41) is 0.811. The molecule has 14 heavy (non-hydrogen) atoms. The van der Waals surface area contributed by atoms with Crippen LogP contribution in [0.4, 0.5) is 0 Å². The fourth-order valence-corrected chi connectivity index (χ4v) is 1.42. The number of hydrogen-bond acceptors (Lipinski definition) is 0. The third-order valence-corrected chi connectivity index (χ3v) is 2.72. The first-order chi connectivity index (χ1) is 6.45. The topological polar surface area (TPSA) is 0 Å². The highest BCUT2D eigenvalue weighted by atomic mass is 35.5. The van der Waals surface area contributed by atoms with Gasteiger partial charge in [0.1, 0.15) is 0 Å². The Morgan fingerprint density at radius 1 is 1.14 bits per heavy atom. The van der Waals surface area contributed by atoms with E-state index in [-0.39, 0.29) is 5.41 Å². The molecule has 0 unspecified atom stereocenters. The van der Waals surface area contributed by atoms with Crippen molar-refractivity contribution in [1.82, 2.24) is 0 Å². The third kappa shape index (κ3) is 2.62. The van der Waals surface area contributed by atoms with Crippen LogP contribution in [0.1, 0.15) is 38.8 Å². The average Bonchev–Trinajstić information content (AvgIpc) is 2.15. The van der Waals surface area contributed by atoms with Crippen molar-refractivity contribution in [2.45, 2.75) is 33.1 Å². The minimum atomic E-state index is 0.209. The summed E-state index contributed by atoms with van der Waals surface area (Å²) in [5.41, 5.74) is 2.63. The van der Waals surface area contributed by atoms with Gasteiger partial charge in [0, 0.05) is 5.03 Å². The van der Waals surface area contributed by atoms with Gasteiger partial charge >= 0.3 is 0 Å². The van der Waals surface area contributed by atoms with Crippen LogP contribution in [-0.2, 0) is 5.41 Å². The lowest BCUT2D eigenvalue weighted by Crippen LogP contribution is -2.10. The van der Waals surface area contributed by atoms with Crippen molar-refractivity contribution in [2.75, 3.05) is 0 Å². The molecule has 1 heteroatoms. The predicted molar refractivity (Wildman–Crippen MR) is 64.6 cm³/mol. The maximum atomic E-state index is 6.02. The van der Waals surface area contributed by atoms with E-state index in [4.69, 9.17) is 11.6 Å². The smallest absolute Gasteiger partial charge is 0.0435 e. The van der Waals surface area contributed by atoms with Crippen LogP contribution in [0, 0.1) is 0 Å². The monoisotopic (exact) mass is 208 g/mol. The Hall–Kier alpha value is -0.750. The van der Waals surface area contributed by atoms with Gasteiger partial charge in [0.15, 0.2) is 0 Å². The molecule has 0 spiro atoms. The normalized spacial score (nSPS) is 13.1. The van der Waals surface area contributed by atoms with Gasteiger partial charge in [0.25, 0.3) is 0 Å². The summed E-state index contributed by atoms with van der Waals surface area (Å²) < 4.78 is 0. The molecular formula is C13H17Cl. The highest BCUT2D eigenvalue weighted by Gasteiger charge is 2.12. The molecule has 0 aliphatic carbocycles. The Kier molecular flexibility index (Phi) is 3.38. The maximum absolute atomic E-state index is 6.02. The van der Waals surface area contributed by atoms with Crippen LogP contribution < -0.4 is 0 Å². The fraction of sp³-hybridized carbons (Fsp3) is 0.385. The van der Waals surface area contributed by atoms with Crippen molar-refractivity contribution in [1.29, 1.82) is 0 Å². The molecule has 0 saturated heterocycles. The van der Waals surface area contributed by atoms with Crippen LogP contribution in [-0.4, -0.2) is 0 Å².